The third-order valence-electron chi connectivity index (χ3n) is 2.95. The molecule has 0 radical (unpaired) electrons. The smallest absolute Gasteiger partial charge is 0.165 e. The minimum Gasteiger partial charge on any atom is -0.490 e. The van der Waals surface area contributed by atoms with E-state index in [0.29, 0.717) is 18.1 Å². The van der Waals surface area contributed by atoms with E-state index in [1.807, 2.05) is 20.8 Å². The van der Waals surface area contributed by atoms with Crippen LogP contribution in [0.5, 0.6) is 5.75 Å². The van der Waals surface area contributed by atoms with Crippen molar-refractivity contribution < 1.29 is 13.3 Å². The largest absolute Gasteiger partial charge is 0.490 e. The summed E-state index contributed by atoms with van der Waals surface area (Å²) in [4.78, 5) is 0. The Bertz CT molecular complexity index is 533. The molecule has 0 aliphatic heterocycles. The van der Waals surface area contributed by atoms with Crippen LogP contribution in [0.4, 0.5) is 4.39 Å². The number of benzene rings is 1. The van der Waals surface area contributed by atoms with Crippen LogP contribution in [-0.2, 0) is 11.0 Å². The monoisotopic (exact) mass is 297 g/mol. The summed E-state index contributed by atoms with van der Waals surface area (Å²) in [6.45, 7) is 6.13. The SMILES string of the molecule is CC(C)(C)S(=O)N=Cc1ccc(F)c(OCC2CC2)c1. The van der Waals surface area contributed by atoms with Gasteiger partial charge in [0.05, 0.1) is 11.4 Å². The molecule has 1 aromatic rings. The van der Waals surface area contributed by atoms with E-state index < -0.39 is 15.7 Å². The van der Waals surface area contributed by atoms with Gasteiger partial charge in [0.1, 0.15) is 11.0 Å². The van der Waals surface area contributed by atoms with Crippen LogP contribution in [-0.4, -0.2) is 21.8 Å². The fourth-order valence-electron chi connectivity index (χ4n) is 1.47. The van der Waals surface area contributed by atoms with Crippen LogP contribution in [0, 0.1) is 11.7 Å². The molecule has 1 saturated carbocycles. The summed E-state index contributed by atoms with van der Waals surface area (Å²) in [6.07, 6.45) is 3.82. The maximum atomic E-state index is 13.6. The molecule has 5 heteroatoms. The fourth-order valence-corrected chi connectivity index (χ4v) is 2.00. The molecule has 0 bridgehead atoms. The Kier molecular flexibility index (Phi) is 4.58. The highest BCUT2D eigenvalue weighted by molar-refractivity contribution is 7.85. The molecule has 0 aromatic heterocycles. The predicted molar refractivity (Wildman–Crippen MR) is 80.1 cm³/mol. The zero-order chi connectivity index (χ0) is 14.8. The van der Waals surface area contributed by atoms with Crippen LogP contribution in [0.3, 0.4) is 0 Å². The summed E-state index contributed by atoms with van der Waals surface area (Å²) in [5.74, 6) is 0.433. The van der Waals surface area contributed by atoms with Gasteiger partial charge in [-0.1, -0.05) is 6.07 Å². The van der Waals surface area contributed by atoms with Gasteiger partial charge in [0.15, 0.2) is 11.6 Å². The van der Waals surface area contributed by atoms with Crippen molar-refractivity contribution in [2.75, 3.05) is 6.61 Å². The van der Waals surface area contributed by atoms with Gasteiger partial charge in [0.2, 0.25) is 0 Å². The van der Waals surface area contributed by atoms with Gasteiger partial charge in [-0.15, -0.1) is 0 Å². The third-order valence-corrected chi connectivity index (χ3v) is 4.29. The zero-order valence-corrected chi connectivity index (χ0v) is 12.9. The number of rotatable bonds is 5. The molecule has 1 aromatic carbocycles. The molecular weight excluding hydrogens is 277 g/mol. The van der Waals surface area contributed by atoms with Crippen molar-refractivity contribution in [1.82, 2.24) is 0 Å². The van der Waals surface area contributed by atoms with Gasteiger partial charge >= 0.3 is 0 Å². The zero-order valence-electron chi connectivity index (χ0n) is 12.1. The first-order valence-corrected chi connectivity index (χ1v) is 7.85. The highest BCUT2D eigenvalue weighted by atomic mass is 32.2. The summed E-state index contributed by atoms with van der Waals surface area (Å²) in [5.41, 5.74) is 0.690. The van der Waals surface area contributed by atoms with Crippen molar-refractivity contribution in [3.05, 3.63) is 29.6 Å². The number of nitrogens with zero attached hydrogens (tertiary/aromatic N) is 1. The Balaban J connectivity index is 2.06. The maximum Gasteiger partial charge on any atom is 0.165 e. The number of halogens is 1. The number of ether oxygens (including phenoxy) is 1. The minimum atomic E-state index is -1.32. The van der Waals surface area contributed by atoms with E-state index in [0.717, 1.165) is 12.8 Å². The fraction of sp³-hybridized carbons (Fsp3) is 0.533. The van der Waals surface area contributed by atoms with Crippen LogP contribution in [0.15, 0.2) is 22.6 Å². The normalized spacial score (nSPS) is 17.4. The first-order chi connectivity index (χ1) is 9.36. The van der Waals surface area contributed by atoms with Gasteiger partial charge in [-0.3, -0.25) is 0 Å². The standard InChI is InChI=1S/C15H20FNO2S/c1-15(2,3)20(18)17-9-12-6-7-13(16)14(8-12)19-10-11-4-5-11/h6-9,11H,4-5,10H2,1-3H3. The average molecular weight is 297 g/mol. The summed E-state index contributed by atoms with van der Waals surface area (Å²) in [7, 11) is -1.32. The molecule has 0 N–H and O–H groups in total. The van der Waals surface area contributed by atoms with E-state index in [2.05, 4.69) is 4.40 Å². The first-order valence-electron chi connectivity index (χ1n) is 6.74. The van der Waals surface area contributed by atoms with Gasteiger partial charge in [-0.05, 0) is 57.2 Å². The predicted octanol–water partition coefficient (Wildman–Crippen LogP) is 3.50. The molecular formula is C15H20FNO2S. The minimum absolute atomic E-state index is 0.238. The molecule has 2 rings (SSSR count). The average Bonchev–Trinajstić information content (AvgIpc) is 3.18. The lowest BCUT2D eigenvalue weighted by Gasteiger charge is -2.12. The second-order valence-electron chi connectivity index (χ2n) is 6.04. The van der Waals surface area contributed by atoms with E-state index >= 15 is 0 Å². The second-order valence-corrected chi connectivity index (χ2v) is 7.97. The van der Waals surface area contributed by atoms with Crippen molar-refractivity contribution in [3.63, 3.8) is 0 Å². The van der Waals surface area contributed by atoms with Crippen LogP contribution in [0.25, 0.3) is 0 Å². The van der Waals surface area contributed by atoms with Crippen molar-refractivity contribution in [3.8, 4) is 5.75 Å². The van der Waals surface area contributed by atoms with Crippen LogP contribution >= 0.6 is 0 Å². The van der Waals surface area contributed by atoms with Crippen molar-refractivity contribution in [1.29, 1.82) is 0 Å². The molecule has 1 aliphatic rings. The molecule has 0 amide bonds. The Morgan fingerprint density at radius 1 is 1.45 bits per heavy atom. The molecule has 3 nitrogen and oxygen atoms in total. The Labute approximate surface area is 121 Å². The quantitative estimate of drug-likeness (QED) is 0.780. The van der Waals surface area contributed by atoms with Crippen molar-refractivity contribution in [2.45, 2.75) is 38.4 Å². The van der Waals surface area contributed by atoms with Gasteiger partial charge in [-0.2, -0.15) is 4.40 Å². The third kappa shape index (κ3) is 4.40. The van der Waals surface area contributed by atoms with E-state index in [1.165, 1.54) is 12.3 Å². The Morgan fingerprint density at radius 3 is 2.75 bits per heavy atom. The Morgan fingerprint density at radius 2 is 2.15 bits per heavy atom. The first kappa shape index (κ1) is 15.2. The summed E-state index contributed by atoms with van der Waals surface area (Å²) >= 11 is 0. The van der Waals surface area contributed by atoms with Crippen LogP contribution < -0.4 is 4.74 Å². The van der Waals surface area contributed by atoms with Gasteiger partial charge in [0.25, 0.3) is 0 Å². The van der Waals surface area contributed by atoms with Gasteiger partial charge in [0, 0.05) is 6.21 Å². The molecule has 1 atom stereocenters. The van der Waals surface area contributed by atoms with Crippen LogP contribution in [0.2, 0.25) is 0 Å². The second kappa shape index (κ2) is 6.04. The van der Waals surface area contributed by atoms with E-state index in [4.69, 9.17) is 4.74 Å². The summed E-state index contributed by atoms with van der Waals surface area (Å²) in [6, 6.07) is 4.55. The van der Waals surface area contributed by atoms with E-state index in [9.17, 15) is 8.60 Å². The molecule has 0 heterocycles. The number of hydrogen-bond donors (Lipinski definition) is 0. The molecule has 1 unspecified atom stereocenters. The van der Waals surface area contributed by atoms with Crippen molar-refractivity contribution in [2.24, 2.45) is 10.3 Å². The maximum absolute atomic E-state index is 13.6. The molecule has 20 heavy (non-hydrogen) atoms. The molecule has 1 fully saturated rings. The van der Waals surface area contributed by atoms with E-state index in [1.54, 1.807) is 12.1 Å². The van der Waals surface area contributed by atoms with Crippen LogP contribution in [0.1, 0.15) is 39.2 Å². The lowest BCUT2D eigenvalue weighted by molar-refractivity contribution is 0.285. The highest BCUT2D eigenvalue weighted by Gasteiger charge is 2.22. The van der Waals surface area contributed by atoms with Crippen molar-refractivity contribution >= 4 is 17.2 Å². The topological polar surface area (TPSA) is 38.7 Å². The molecule has 110 valence electrons. The lowest BCUT2D eigenvalue weighted by atomic mass is 10.2. The number of hydrogen-bond acceptors (Lipinski definition) is 2. The lowest BCUT2D eigenvalue weighted by Crippen LogP contribution is -2.19. The highest BCUT2D eigenvalue weighted by Crippen LogP contribution is 2.30. The molecule has 0 saturated heterocycles. The van der Waals surface area contributed by atoms with E-state index in [-0.39, 0.29) is 11.6 Å². The Hall–Kier alpha value is -1.23. The van der Waals surface area contributed by atoms with Gasteiger partial charge in [-0.25, -0.2) is 8.60 Å². The summed E-state index contributed by atoms with van der Waals surface area (Å²) in [5, 5.41) is 0. The molecule has 1 aliphatic carbocycles. The molecule has 0 spiro atoms. The van der Waals surface area contributed by atoms with Gasteiger partial charge < -0.3 is 4.74 Å². The summed E-state index contributed by atoms with van der Waals surface area (Å²) < 4.78 is 34.5.